The number of aryl methyl sites for hydroxylation is 2. The smallest absolute Gasteiger partial charge is 0.222 e. The minimum Gasteiger partial charge on any atom is -0.348 e. The number of amides is 1. The Bertz CT molecular complexity index is 801. The molecule has 0 bridgehead atoms. The third-order valence-corrected chi connectivity index (χ3v) is 5.98. The van der Waals surface area contributed by atoms with E-state index in [9.17, 15) is 4.79 Å². The monoisotopic (exact) mass is 368 g/mol. The molecule has 2 aliphatic heterocycles. The first-order valence-corrected chi connectivity index (χ1v) is 9.80. The van der Waals surface area contributed by atoms with Crippen molar-refractivity contribution in [1.82, 2.24) is 29.7 Å². The van der Waals surface area contributed by atoms with Crippen molar-refractivity contribution in [3.8, 4) is 0 Å². The Labute approximate surface area is 160 Å². The predicted octanol–water partition coefficient (Wildman–Crippen LogP) is 2.22. The van der Waals surface area contributed by atoms with Crippen molar-refractivity contribution >= 4 is 5.91 Å². The number of nitrogens with one attached hydrogen (secondary N) is 1. The van der Waals surface area contributed by atoms with Gasteiger partial charge in [0.05, 0.1) is 36.2 Å². The van der Waals surface area contributed by atoms with Gasteiger partial charge in [0.2, 0.25) is 5.91 Å². The van der Waals surface area contributed by atoms with Crippen LogP contribution < -0.4 is 0 Å². The molecule has 2 saturated heterocycles. The van der Waals surface area contributed by atoms with Crippen molar-refractivity contribution < 1.29 is 4.79 Å². The Morgan fingerprint density at radius 3 is 2.74 bits per heavy atom. The van der Waals surface area contributed by atoms with Gasteiger partial charge in [0.1, 0.15) is 0 Å². The average Bonchev–Trinajstić information content (AvgIpc) is 3.05. The van der Waals surface area contributed by atoms with E-state index in [2.05, 4.69) is 31.8 Å². The van der Waals surface area contributed by atoms with Crippen molar-refractivity contribution in [2.24, 2.45) is 5.41 Å². The molecule has 0 aromatic carbocycles. The summed E-state index contributed by atoms with van der Waals surface area (Å²) < 4.78 is 0. The van der Waals surface area contributed by atoms with E-state index in [1.54, 1.807) is 18.7 Å². The lowest BCUT2D eigenvalue weighted by atomic mass is 9.73. The summed E-state index contributed by atoms with van der Waals surface area (Å²) in [6.07, 6.45) is 9.31. The molecule has 0 saturated carbocycles. The predicted molar refractivity (Wildman–Crippen MR) is 102 cm³/mol. The number of aromatic nitrogens is 4. The van der Waals surface area contributed by atoms with Crippen molar-refractivity contribution in [1.29, 1.82) is 0 Å². The quantitative estimate of drug-likeness (QED) is 0.895. The molecule has 1 atom stereocenters. The molecule has 144 valence electrons. The maximum Gasteiger partial charge on any atom is 0.222 e. The summed E-state index contributed by atoms with van der Waals surface area (Å²) >= 11 is 0. The fraction of sp³-hybridized carbons (Fsp3) is 0.600. The van der Waals surface area contributed by atoms with E-state index < -0.39 is 0 Å². The number of nitrogens with zero attached hydrogens (tertiary/aromatic N) is 5. The van der Waals surface area contributed by atoms with Crippen LogP contribution in [0.4, 0.5) is 0 Å². The summed E-state index contributed by atoms with van der Waals surface area (Å²) in [7, 11) is 0. The lowest BCUT2D eigenvalue weighted by Gasteiger charge is -2.48. The van der Waals surface area contributed by atoms with E-state index in [1.807, 2.05) is 11.8 Å². The minimum absolute atomic E-state index is 0.189. The second-order valence-electron chi connectivity index (χ2n) is 8.19. The number of hydrogen-bond donors (Lipinski definition) is 1. The fourth-order valence-corrected chi connectivity index (χ4v) is 4.48. The molecule has 1 spiro atoms. The normalized spacial score (nSPS) is 23.9. The Kier molecular flexibility index (Phi) is 4.95. The van der Waals surface area contributed by atoms with Crippen LogP contribution in [0.5, 0.6) is 0 Å². The molecule has 0 aliphatic carbocycles. The second kappa shape index (κ2) is 7.38. The SMILES string of the molecule is Cc1cnc(CN2C[C@]3(CCCN(Cc4nc[nH]c4C)C3)CCC2=O)cn1. The van der Waals surface area contributed by atoms with Gasteiger partial charge >= 0.3 is 0 Å². The number of carbonyl (C=O) groups excluding carboxylic acids is 1. The largest absolute Gasteiger partial charge is 0.348 e. The number of likely N-dealkylation sites (tertiary alicyclic amines) is 2. The highest BCUT2D eigenvalue weighted by Crippen LogP contribution is 2.39. The highest BCUT2D eigenvalue weighted by Gasteiger charge is 2.41. The minimum atomic E-state index is 0.189. The second-order valence-corrected chi connectivity index (χ2v) is 8.19. The maximum atomic E-state index is 12.5. The zero-order valence-corrected chi connectivity index (χ0v) is 16.2. The van der Waals surface area contributed by atoms with Crippen molar-refractivity contribution in [3.63, 3.8) is 0 Å². The van der Waals surface area contributed by atoms with Gasteiger partial charge in [0, 0.05) is 43.4 Å². The highest BCUT2D eigenvalue weighted by molar-refractivity contribution is 5.77. The Balaban J connectivity index is 1.44. The zero-order valence-electron chi connectivity index (χ0n) is 16.2. The number of imidazole rings is 1. The summed E-state index contributed by atoms with van der Waals surface area (Å²) in [6.45, 7) is 8.40. The van der Waals surface area contributed by atoms with E-state index >= 15 is 0 Å². The van der Waals surface area contributed by atoms with Gasteiger partial charge in [-0.25, -0.2) is 4.98 Å². The van der Waals surface area contributed by atoms with Gasteiger partial charge in [0.15, 0.2) is 0 Å². The molecule has 1 N–H and O–H groups in total. The molecule has 2 aromatic heterocycles. The summed E-state index contributed by atoms with van der Waals surface area (Å²) in [6, 6.07) is 0. The topological polar surface area (TPSA) is 78.0 Å². The average molecular weight is 368 g/mol. The first-order valence-electron chi connectivity index (χ1n) is 9.80. The van der Waals surface area contributed by atoms with Crippen LogP contribution in [0.25, 0.3) is 0 Å². The molecule has 0 unspecified atom stereocenters. The van der Waals surface area contributed by atoms with Gasteiger partial charge in [-0.1, -0.05) is 0 Å². The van der Waals surface area contributed by atoms with E-state index in [-0.39, 0.29) is 11.3 Å². The molecule has 1 amide bonds. The molecular formula is C20H28N6O. The van der Waals surface area contributed by atoms with Crippen molar-refractivity contribution in [2.75, 3.05) is 19.6 Å². The van der Waals surface area contributed by atoms with Gasteiger partial charge in [-0.3, -0.25) is 19.7 Å². The van der Waals surface area contributed by atoms with E-state index in [4.69, 9.17) is 0 Å². The van der Waals surface area contributed by atoms with Crippen LogP contribution in [-0.2, 0) is 17.9 Å². The fourth-order valence-electron chi connectivity index (χ4n) is 4.48. The van der Waals surface area contributed by atoms with Crippen LogP contribution in [-0.4, -0.2) is 55.3 Å². The Morgan fingerprint density at radius 2 is 2.00 bits per heavy atom. The third kappa shape index (κ3) is 4.03. The number of hydrogen-bond acceptors (Lipinski definition) is 5. The molecule has 0 radical (unpaired) electrons. The van der Waals surface area contributed by atoms with Gasteiger partial charge < -0.3 is 9.88 Å². The van der Waals surface area contributed by atoms with Crippen LogP contribution in [0.2, 0.25) is 0 Å². The van der Waals surface area contributed by atoms with Crippen LogP contribution in [0.3, 0.4) is 0 Å². The first kappa shape index (κ1) is 18.1. The van der Waals surface area contributed by atoms with Gasteiger partial charge in [-0.05, 0) is 39.7 Å². The Hall–Kier alpha value is -2.28. The lowest BCUT2D eigenvalue weighted by molar-refractivity contribution is -0.140. The highest BCUT2D eigenvalue weighted by atomic mass is 16.2. The molecule has 7 nitrogen and oxygen atoms in total. The van der Waals surface area contributed by atoms with Crippen LogP contribution >= 0.6 is 0 Å². The lowest BCUT2D eigenvalue weighted by Crippen LogP contribution is -2.53. The van der Waals surface area contributed by atoms with Gasteiger partial charge in [-0.2, -0.15) is 0 Å². The van der Waals surface area contributed by atoms with Crippen LogP contribution in [0.15, 0.2) is 18.7 Å². The summed E-state index contributed by atoms with van der Waals surface area (Å²) in [5, 5.41) is 0. The molecular weight excluding hydrogens is 340 g/mol. The van der Waals surface area contributed by atoms with Gasteiger partial charge in [-0.15, -0.1) is 0 Å². The number of piperidine rings is 2. The molecule has 2 aromatic rings. The summed E-state index contributed by atoms with van der Waals surface area (Å²) in [5.41, 5.74) is 4.23. The van der Waals surface area contributed by atoms with E-state index in [1.165, 1.54) is 12.8 Å². The molecule has 2 aliphatic rings. The number of aromatic amines is 1. The standard InChI is InChI=1S/C20H28N6O/c1-15-8-22-17(9-21-15)10-26-13-20(6-4-19(26)27)5-3-7-25(12-20)11-18-16(2)23-14-24-18/h8-9,14H,3-7,10-13H2,1-2H3,(H,23,24)/t20-/m1/s1. The first-order chi connectivity index (χ1) is 13.0. The molecule has 4 rings (SSSR count). The van der Waals surface area contributed by atoms with Crippen molar-refractivity contribution in [3.05, 3.63) is 41.5 Å². The number of rotatable bonds is 4. The molecule has 27 heavy (non-hydrogen) atoms. The molecule has 2 fully saturated rings. The molecule has 4 heterocycles. The van der Waals surface area contributed by atoms with E-state index in [0.717, 1.165) is 55.4 Å². The number of carbonyl (C=O) groups is 1. The third-order valence-electron chi connectivity index (χ3n) is 5.98. The van der Waals surface area contributed by atoms with E-state index in [0.29, 0.717) is 13.0 Å². The molecule has 7 heteroatoms. The summed E-state index contributed by atoms with van der Waals surface area (Å²) in [5.74, 6) is 0.239. The van der Waals surface area contributed by atoms with Crippen LogP contribution in [0.1, 0.15) is 48.5 Å². The van der Waals surface area contributed by atoms with Crippen molar-refractivity contribution in [2.45, 2.75) is 52.6 Å². The summed E-state index contributed by atoms with van der Waals surface area (Å²) in [4.78, 5) is 33.4. The number of H-pyrrole nitrogens is 1. The van der Waals surface area contributed by atoms with Gasteiger partial charge in [0.25, 0.3) is 0 Å². The zero-order chi connectivity index (χ0) is 18.9. The Morgan fingerprint density at radius 1 is 1.11 bits per heavy atom. The van der Waals surface area contributed by atoms with Crippen LogP contribution in [0, 0.1) is 19.3 Å². The maximum absolute atomic E-state index is 12.5.